The number of rotatable bonds is 2. The molecule has 0 radical (unpaired) electrons. The molecular weight excluding hydrogens is 378 g/mol. The Morgan fingerprint density at radius 3 is 2.03 bits per heavy atom. The normalized spacial score (nSPS) is 24.7. The average Bonchev–Trinajstić information content (AvgIpc) is 3.33. The Labute approximate surface area is 170 Å². The zero-order valence-corrected chi connectivity index (χ0v) is 16.9. The number of hydrogen-bond donors (Lipinski definition) is 1. The Morgan fingerprint density at radius 1 is 0.828 bits per heavy atom. The Balaban J connectivity index is 1.63. The Morgan fingerprint density at radius 2 is 1.38 bits per heavy atom. The molecule has 1 N–H and O–H groups in total. The summed E-state index contributed by atoms with van der Waals surface area (Å²) >= 11 is 0. The van der Waals surface area contributed by atoms with Gasteiger partial charge < -0.3 is 4.74 Å². The van der Waals surface area contributed by atoms with Gasteiger partial charge in [-0.2, -0.15) is 0 Å². The van der Waals surface area contributed by atoms with Crippen LogP contribution in [0.5, 0.6) is 0 Å². The molecule has 4 aromatic carbocycles. The zero-order valence-electron chi connectivity index (χ0n) is 16.1. The summed E-state index contributed by atoms with van der Waals surface area (Å²) in [6.45, 7) is 0. The molecule has 3 unspecified atom stereocenters. The van der Waals surface area contributed by atoms with Crippen LogP contribution in [-0.4, -0.2) is 10.5 Å². The van der Waals surface area contributed by atoms with Gasteiger partial charge >= 0.3 is 0 Å². The third-order valence-corrected chi connectivity index (χ3v) is 7.71. The van der Waals surface area contributed by atoms with Crippen LogP contribution in [0, 0.1) is 4.78 Å². The highest BCUT2D eigenvalue weighted by Gasteiger charge is 2.48. The molecule has 0 aromatic heterocycles. The molecule has 4 atom stereocenters. The van der Waals surface area contributed by atoms with Gasteiger partial charge in [-0.15, -0.1) is 0 Å². The van der Waals surface area contributed by atoms with Gasteiger partial charge in [0, 0.05) is 12.2 Å². The van der Waals surface area contributed by atoms with Crippen molar-refractivity contribution in [3.63, 3.8) is 0 Å². The second kappa shape index (κ2) is 5.91. The summed E-state index contributed by atoms with van der Waals surface area (Å²) in [5.74, 6) is 0.124. The van der Waals surface area contributed by atoms with E-state index in [2.05, 4.69) is 48.5 Å². The first kappa shape index (κ1) is 17.2. The first-order chi connectivity index (χ1) is 14.0. The van der Waals surface area contributed by atoms with Crippen molar-refractivity contribution in [2.24, 2.45) is 0 Å². The molecule has 2 aliphatic rings. The van der Waals surface area contributed by atoms with Crippen molar-refractivity contribution in [2.45, 2.75) is 29.4 Å². The molecule has 0 spiro atoms. The standard InChI is InChI=1S/C25H21NO2S/c1-29(26,27)22-13-7-6-10-17(22)20-14-21-23-18-11-4-2-8-15(18)16-9-3-5-12-19(16)24(23)25(20)28-21/h2-13,20-21,25-26H,14H2,1H3/t20-,21?,25?,29?/m0/s1. The van der Waals surface area contributed by atoms with E-state index in [4.69, 9.17) is 9.52 Å². The number of ether oxygens (including phenoxy) is 1. The van der Waals surface area contributed by atoms with E-state index in [9.17, 15) is 4.21 Å². The van der Waals surface area contributed by atoms with Crippen LogP contribution in [0.25, 0.3) is 21.5 Å². The third-order valence-electron chi connectivity index (χ3n) is 6.50. The van der Waals surface area contributed by atoms with E-state index in [1.807, 2.05) is 24.3 Å². The fraction of sp³-hybridized carbons (Fsp3) is 0.200. The fourth-order valence-corrected chi connectivity index (χ4v) is 6.43. The van der Waals surface area contributed by atoms with Gasteiger partial charge in [-0.1, -0.05) is 66.7 Å². The van der Waals surface area contributed by atoms with Crippen LogP contribution in [0.3, 0.4) is 0 Å². The quantitative estimate of drug-likeness (QED) is 0.401. The summed E-state index contributed by atoms with van der Waals surface area (Å²) in [6, 6.07) is 24.9. The molecule has 2 bridgehead atoms. The van der Waals surface area contributed by atoms with Crippen LogP contribution in [0.1, 0.15) is 41.2 Å². The highest BCUT2D eigenvalue weighted by atomic mass is 32.2. The summed E-state index contributed by atoms with van der Waals surface area (Å²) in [6.07, 6.45) is 2.36. The van der Waals surface area contributed by atoms with Crippen LogP contribution in [-0.2, 0) is 14.5 Å². The molecule has 2 heterocycles. The van der Waals surface area contributed by atoms with E-state index in [1.165, 1.54) is 38.9 Å². The Bertz CT molecular complexity index is 1410. The lowest BCUT2D eigenvalue weighted by Gasteiger charge is -2.26. The van der Waals surface area contributed by atoms with Gasteiger partial charge in [-0.25, -0.2) is 8.99 Å². The second-order valence-electron chi connectivity index (χ2n) is 8.19. The summed E-state index contributed by atoms with van der Waals surface area (Å²) in [7, 11) is -2.80. The second-order valence-corrected chi connectivity index (χ2v) is 10.3. The number of benzene rings is 4. The molecule has 3 nitrogen and oxygen atoms in total. The third kappa shape index (κ3) is 2.36. The molecule has 2 aliphatic heterocycles. The van der Waals surface area contributed by atoms with Gasteiger partial charge in [-0.05, 0) is 50.7 Å². The first-order valence-corrected chi connectivity index (χ1v) is 11.9. The lowest BCUT2D eigenvalue weighted by atomic mass is 9.76. The minimum atomic E-state index is -2.80. The largest absolute Gasteiger partial charge is 0.365 e. The molecule has 1 fully saturated rings. The van der Waals surface area contributed by atoms with Crippen molar-refractivity contribution < 1.29 is 8.95 Å². The molecule has 4 aromatic rings. The topological polar surface area (TPSA) is 50.2 Å². The van der Waals surface area contributed by atoms with Crippen molar-refractivity contribution >= 4 is 31.3 Å². The lowest BCUT2D eigenvalue weighted by Crippen LogP contribution is -2.13. The monoisotopic (exact) mass is 399 g/mol. The summed E-state index contributed by atoms with van der Waals surface area (Å²) in [4.78, 5) is 0.646. The van der Waals surface area contributed by atoms with Crippen LogP contribution >= 0.6 is 0 Å². The zero-order chi connectivity index (χ0) is 19.8. The number of fused-ring (bicyclic) bond motifs is 10. The van der Waals surface area contributed by atoms with E-state index in [-0.39, 0.29) is 18.1 Å². The van der Waals surface area contributed by atoms with Gasteiger partial charge in [0.25, 0.3) is 0 Å². The van der Waals surface area contributed by atoms with Gasteiger partial charge in [0.2, 0.25) is 0 Å². The molecule has 29 heavy (non-hydrogen) atoms. The summed E-state index contributed by atoms with van der Waals surface area (Å²) in [5, 5.41) is 5.06. The lowest BCUT2D eigenvalue weighted by molar-refractivity contribution is 0.0681. The van der Waals surface area contributed by atoms with Crippen LogP contribution in [0.15, 0.2) is 77.7 Å². The van der Waals surface area contributed by atoms with E-state index >= 15 is 0 Å². The van der Waals surface area contributed by atoms with Crippen molar-refractivity contribution in [1.82, 2.24) is 0 Å². The van der Waals surface area contributed by atoms with Gasteiger partial charge in [-0.3, -0.25) is 0 Å². The molecule has 0 aliphatic carbocycles. The molecule has 4 heteroatoms. The minimum Gasteiger partial charge on any atom is -0.365 e. The fourth-order valence-electron chi connectivity index (χ4n) is 5.42. The van der Waals surface area contributed by atoms with E-state index in [0.717, 1.165) is 12.0 Å². The Hall–Kier alpha value is -2.69. The summed E-state index contributed by atoms with van der Waals surface area (Å²) in [5.41, 5.74) is 3.61. The molecule has 0 saturated carbocycles. The molecule has 1 saturated heterocycles. The SMILES string of the molecule is CS(=N)(=O)c1ccccc1[C@@H]1CC2OC1c1c2c2ccccc2c2ccccc12. The van der Waals surface area contributed by atoms with Crippen molar-refractivity contribution in [3.05, 3.63) is 89.5 Å². The van der Waals surface area contributed by atoms with Crippen molar-refractivity contribution in [1.29, 1.82) is 4.78 Å². The van der Waals surface area contributed by atoms with Crippen LogP contribution < -0.4 is 0 Å². The Kier molecular flexibility index (Phi) is 3.50. The summed E-state index contributed by atoms with van der Waals surface area (Å²) < 4.78 is 27.4. The van der Waals surface area contributed by atoms with E-state index in [0.29, 0.717) is 4.90 Å². The number of nitrogens with one attached hydrogen (secondary N) is 1. The minimum absolute atomic E-state index is 0.0428. The first-order valence-electron chi connectivity index (χ1n) is 9.95. The van der Waals surface area contributed by atoms with Crippen LogP contribution in [0.4, 0.5) is 0 Å². The van der Waals surface area contributed by atoms with Crippen molar-refractivity contribution in [2.75, 3.05) is 6.26 Å². The van der Waals surface area contributed by atoms with E-state index < -0.39 is 9.73 Å². The highest BCUT2D eigenvalue weighted by Crippen LogP contribution is 2.61. The molecule has 0 amide bonds. The maximum absolute atomic E-state index is 12.6. The van der Waals surface area contributed by atoms with Crippen molar-refractivity contribution in [3.8, 4) is 0 Å². The van der Waals surface area contributed by atoms with E-state index in [1.54, 1.807) is 0 Å². The molecule has 144 valence electrons. The maximum atomic E-state index is 12.6. The molecular formula is C25H21NO2S. The molecule has 6 rings (SSSR count). The van der Waals surface area contributed by atoms with Crippen LogP contribution in [0.2, 0.25) is 0 Å². The van der Waals surface area contributed by atoms with Gasteiger partial charge in [0.15, 0.2) is 0 Å². The average molecular weight is 400 g/mol. The maximum Gasteiger partial charge on any atom is 0.0913 e. The van der Waals surface area contributed by atoms with Gasteiger partial charge in [0.05, 0.1) is 26.8 Å². The predicted octanol–water partition coefficient (Wildman–Crippen LogP) is 6.33. The highest BCUT2D eigenvalue weighted by molar-refractivity contribution is 7.91. The van der Waals surface area contributed by atoms with Gasteiger partial charge in [0.1, 0.15) is 0 Å². The smallest absolute Gasteiger partial charge is 0.0913 e. The predicted molar refractivity (Wildman–Crippen MR) is 117 cm³/mol. The number of hydrogen-bond acceptors (Lipinski definition) is 3.